The van der Waals surface area contributed by atoms with Crippen molar-refractivity contribution in [2.45, 2.75) is 32.8 Å². The van der Waals surface area contributed by atoms with Gasteiger partial charge in [-0.2, -0.15) is 0 Å². The Morgan fingerprint density at radius 3 is 2.85 bits per heavy atom. The quantitative estimate of drug-likeness (QED) is 0.333. The first kappa shape index (κ1) is 15.7. The molecule has 0 aliphatic carbocycles. The third-order valence-corrected chi connectivity index (χ3v) is 2.28. The maximum absolute atomic E-state index is 11.5. The number of carbonyl (C=O) groups excluding carboxylic acids is 1. The van der Waals surface area contributed by atoms with E-state index in [9.17, 15) is 4.79 Å². The van der Waals surface area contributed by atoms with E-state index >= 15 is 0 Å². The Labute approximate surface area is 117 Å². The largest absolute Gasteiger partial charge is 0.444 e. The molecule has 0 unspecified atom stereocenters. The van der Waals surface area contributed by atoms with Crippen molar-refractivity contribution in [2.75, 3.05) is 6.54 Å². The number of oxime groups is 1. The second-order valence-electron chi connectivity index (χ2n) is 5.21. The summed E-state index contributed by atoms with van der Waals surface area (Å²) >= 11 is 0. The molecule has 0 fully saturated rings. The van der Waals surface area contributed by atoms with Gasteiger partial charge in [-0.1, -0.05) is 5.16 Å². The number of carbonyl (C=O) groups is 1. The van der Waals surface area contributed by atoms with Crippen LogP contribution in [0.25, 0.3) is 0 Å². The number of nitrogens with one attached hydrogen (secondary N) is 1. The van der Waals surface area contributed by atoms with Crippen molar-refractivity contribution in [3.8, 4) is 0 Å². The van der Waals surface area contributed by atoms with Crippen LogP contribution in [-0.4, -0.2) is 34.3 Å². The third kappa shape index (κ3) is 5.55. The van der Waals surface area contributed by atoms with Gasteiger partial charge in [0.1, 0.15) is 11.3 Å². The van der Waals surface area contributed by atoms with Gasteiger partial charge in [0.15, 0.2) is 5.84 Å². The third-order valence-electron chi connectivity index (χ3n) is 2.28. The molecule has 1 rings (SSSR count). The van der Waals surface area contributed by atoms with Crippen LogP contribution in [0.15, 0.2) is 23.5 Å². The van der Waals surface area contributed by atoms with Crippen LogP contribution in [0.5, 0.6) is 0 Å². The summed E-state index contributed by atoms with van der Waals surface area (Å²) in [5.41, 5.74) is 6.25. The summed E-state index contributed by atoms with van der Waals surface area (Å²) in [4.78, 5) is 15.4. The average Bonchev–Trinajstić information content (AvgIpc) is 2.36. The van der Waals surface area contributed by atoms with E-state index < -0.39 is 11.7 Å². The van der Waals surface area contributed by atoms with Crippen molar-refractivity contribution in [3.63, 3.8) is 0 Å². The Morgan fingerprint density at radius 2 is 2.25 bits per heavy atom. The molecule has 1 aromatic rings. The normalized spacial score (nSPS) is 12.1. The molecule has 0 saturated heterocycles. The van der Waals surface area contributed by atoms with Crippen LogP contribution < -0.4 is 11.1 Å². The highest BCUT2D eigenvalue weighted by Gasteiger charge is 2.15. The zero-order valence-corrected chi connectivity index (χ0v) is 11.9. The summed E-state index contributed by atoms with van der Waals surface area (Å²) in [6, 6.07) is 3.50. The van der Waals surface area contributed by atoms with E-state index in [-0.39, 0.29) is 5.84 Å². The lowest BCUT2D eigenvalue weighted by Crippen LogP contribution is -2.33. The minimum atomic E-state index is -0.514. The Balaban J connectivity index is 2.49. The zero-order chi connectivity index (χ0) is 15.2. The standard InChI is InChI=1S/C13H20N4O3/c1-13(2,3)20-12(18)16-7-5-9-4-6-15-10(8-9)11(14)17-19/h4,6,8,19H,5,7H2,1-3H3,(H2,14,17)(H,16,18). The van der Waals surface area contributed by atoms with Gasteiger partial charge in [-0.3, -0.25) is 4.98 Å². The molecule has 1 aromatic heterocycles. The molecule has 7 heteroatoms. The Hall–Kier alpha value is -2.31. The summed E-state index contributed by atoms with van der Waals surface area (Å²) in [5.74, 6) is -0.0491. The molecule has 0 aliphatic rings. The fraction of sp³-hybridized carbons (Fsp3) is 0.462. The van der Waals surface area contributed by atoms with E-state index in [1.54, 1.807) is 39.1 Å². The van der Waals surface area contributed by atoms with Crippen LogP contribution >= 0.6 is 0 Å². The van der Waals surface area contributed by atoms with E-state index in [1.807, 2.05) is 0 Å². The highest BCUT2D eigenvalue weighted by atomic mass is 16.6. The number of aromatic nitrogens is 1. The Bertz CT molecular complexity index is 495. The monoisotopic (exact) mass is 280 g/mol. The topological polar surface area (TPSA) is 110 Å². The number of ether oxygens (including phenoxy) is 1. The fourth-order valence-electron chi connectivity index (χ4n) is 1.44. The lowest BCUT2D eigenvalue weighted by molar-refractivity contribution is 0.0528. The molecule has 0 aliphatic heterocycles. The summed E-state index contributed by atoms with van der Waals surface area (Å²) < 4.78 is 5.12. The lowest BCUT2D eigenvalue weighted by Gasteiger charge is -2.19. The van der Waals surface area contributed by atoms with Gasteiger partial charge < -0.3 is 21.0 Å². The molecular formula is C13H20N4O3. The predicted molar refractivity (Wildman–Crippen MR) is 74.7 cm³/mol. The van der Waals surface area contributed by atoms with Crippen molar-refractivity contribution in [1.82, 2.24) is 10.3 Å². The Morgan fingerprint density at radius 1 is 1.55 bits per heavy atom. The van der Waals surface area contributed by atoms with E-state index in [2.05, 4.69) is 15.5 Å². The molecule has 0 spiro atoms. The van der Waals surface area contributed by atoms with Crippen LogP contribution in [0.2, 0.25) is 0 Å². The number of amidine groups is 1. The summed E-state index contributed by atoms with van der Waals surface area (Å²) in [6.07, 6.45) is 1.70. The van der Waals surface area contributed by atoms with Gasteiger partial charge in [0.2, 0.25) is 0 Å². The van der Waals surface area contributed by atoms with Crippen molar-refractivity contribution >= 4 is 11.9 Å². The SMILES string of the molecule is CC(C)(C)OC(=O)NCCc1ccnc(/C(N)=N/O)c1. The molecule has 4 N–H and O–H groups in total. The highest BCUT2D eigenvalue weighted by Crippen LogP contribution is 2.06. The van der Waals surface area contributed by atoms with E-state index in [4.69, 9.17) is 15.7 Å². The molecule has 0 saturated carbocycles. The molecule has 0 atom stereocenters. The second kappa shape index (κ2) is 6.74. The van der Waals surface area contributed by atoms with Gasteiger partial charge >= 0.3 is 6.09 Å². The van der Waals surface area contributed by atoms with Gasteiger partial charge in [-0.25, -0.2) is 4.79 Å². The number of nitrogens with zero attached hydrogens (tertiary/aromatic N) is 2. The molecule has 20 heavy (non-hydrogen) atoms. The van der Waals surface area contributed by atoms with Crippen LogP contribution in [0, 0.1) is 0 Å². The van der Waals surface area contributed by atoms with Crippen molar-refractivity contribution < 1.29 is 14.7 Å². The number of alkyl carbamates (subject to hydrolysis) is 1. The van der Waals surface area contributed by atoms with Gasteiger partial charge in [0.05, 0.1) is 0 Å². The molecule has 0 bridgehead atoms. The molecule has 1 heterocycles. The van der Waals surface area contributed by atoms with Gasteiger partial charge in [-0.15, -0.1) is 0 Å². The average molecular weight is 280 g/mol. The van der Waals surface area contributed by atoms with Crippen LogP contribution in [-0.2, 0) is 11.2 Å². The van der Waals surface area contributed by atoms with Crippen molar-refractivity contribution in [1.29, 1.82) is 0 Å². The number of pyridine rings is 1. The van der Waals surface area contributed by atoms with E-state index in [1.165, 1.54) is 0 Å². The highest BCUT2D eigenvalue weighted by molar-refractivity contribution is 5.95. The first-order valence-electron chi connectivity index (χ1n) is 6.21. The van der Waals surface area contributed by atoms with E-state index in [0.717, 1.165) is 5.56 Å². The number of hydrogen-bond donors (Lipinski definition) is 3. The van der Waals surface area contributed by atoms with Crippen LogP contribution in [0.1, 0.15) is 32.0 Å². The molecule has 0 radical (unpaired) electrons. The Kier molecular flexibility index (Phi) is 5.31. The first-order valence-corrected chi connectivity index (χ1v) is 6.21. The smallest absolute Gasteiger partial charge is 0.407 e. The molecule has 7 nitrogen and oxygen atoms in total. The van der Waals surface area contributed by atoms with E-state index in [0.29, 0.717) is 18.7 Å². The fourth-order valence-corrected chi connectivity index (χ4v) is 1.44. The maximum Gasteiger partial charge on any atom is 0.407 e. The van der Waals surface area contributed by atoms with Gasteiger partial charge in [0.25, 0.3) is 0 Å². The zero-order valence-electron chi connectivity index (χ0n) is 11.9. The van der Waals surface area contributed by atoms with Crippen LogP contribution in [0.3, 0.4) is 0 Å². The minimum Gasteiger partial charge on any atom is -0.444 e. The predicted octanol–water partition coefficient (Wildman–Crippen LogP) is 1.24. The number of hydrogen-bond acceptors (Lipinski definition) is 5. The van der Waals surface area contributed by atoms with Crippen molar-refractivity contribution in [3.05, 3.63) is 29.6 Å². The second-order valence-corrected chi connectivity index (χ2v) is 5.21. The summed E-state index contributed by atoms with van der Waals surface area (Å²) in [5, 5.41) is 14.1. The molecular weight excluding hydrogens is 260 g/mol. The summed E-state index contributed by atoms with van der Waals surface area (Å²) in [6.45, 7) is 5.84. The maximum atomic E-state index is 11.5. The van der Waals surface area contributed by atoms with Gasteiger partial charge in [0, 0.05) is 12.7 Å². The molecule has 0 aromatic carbocycles. The molecule has 110 valence electrons. The minimum absolute atomic E-state index is 0.0491. The summed E-state index contributed by atoms with van der Waals surface area (Å²) in [7, 11) is 0. The number of nitrogens with two attached hydrogens (primary N) is 1. The number of amides is 1. The van der Waals surface area contributed by atoms with Crippen molar-refractivity contribution in [2.24, 2.45) is 10.9 Å². The lowest BCUT2D eigenvalue weighted by atomic mass is 10.1. The van der Waals surface area contributed by atoms with Gasteiger partial charge in [-0.05, 0) is 44.9 Å². The number of rotatable bonds is 4. The molecule has 1 amide bonds. The first-order chi connectivity index (χ1) is 9.31. The van der Waals surface area contributed by atoms with Crippen LogP contribution in [0.4, 0.5) is 4.79 Å².